The second kappa shape index (κ2) is 4.06. The van der Waals surface area contributed by atoms with Crippen molar-refractivity contribution in [1.29, 1.82) is 0 Å². The molecular weight excluding hydrogens is 198 g/mol. The van der Waals surface area contributed by atoms with Gasteiger partial charge in [0.15, 0.2) is 0 Å². The van der Waals surface area contributed by atoms with Crippen molar-refractivity contribution in [2.45, 2.75) is 6.54 Å². The molecule has 2 rings (SSSR count). The van der Waals surface area contributed by atoms with Crippen molar-refractivity contribution in [2.24, 2.45) is 0 Å². The van der Waals surface area contributed by atoms with Crippen LogP contribution in [0, 0.1) is 0 Å². The molecule has 0 saturated carbocycles. The predicted octanol–water partition coefficient (Wildman–Crippen LogP) is 1.40. The van der Waals surface area contributed by atoms with Gasteiger partial charge in [0.2, 0.25) is 0 Å². The third-order valence-corrected chi connectivity index (χ3v) is 2.64. The van der Waals surface area contributed by atoms with E-state index in [4.69, 9.17) is 0 Å². The van der Waals surface area contributed by atoms with Crippen LogP contribution in [-0.2, 0) is 6.54 Å². The fourth-order valence-electron chi connectivity index (χ4n) is 1.06. The molecule has 2 heterocycles. The van der Waals surface area contributed by atoms with E-state index < -0.39 is 0 Å². The number of aromatic amines is 1. The molecule has 0 aliphatic rings. The Hall–Kier alpha value is -1.62. The summed E-state index contributed by atoms with van der Waals surface area (Å²) in [5.41, 5.74) is 0.557. The van der Waals surface area contributed by atoms with Crippen LogP contribution < -0.4 is 5.32 Å². The summed E-state index contributed by atoms with van der Waals surface area (Å²) in [4.78, 5) is 12.6. The van der Waals surface area contributed by atoms with Gasteiger partial charge in [-0.05, 0) is 11.4 Å². The molecule has 0 aromatic carbocycles. The maximum absolute atomic E-state index is 11.4. The van der Waals surface area contributed by atoms with Gasteiger partial charge in [-0.15, -0.1) is 11.3 Å². The van der Waals surface area contributed by atoms with Crippen LogP contribution in [0.1, 0.15) is 15.2 Å². The zero-order chi connectivity index (χ0) is 9.80. The van der Waals surface area contributed by atoms with Crippen LogP contribution in [0.15, 0.2) is 29.9 Å². The van der Waals surface area contributed by atoms with Crippen molar-refractivity contribution >= 4 is 17.2 Å². The van der Waals surface area contributed by atoms with Crippen molar-refractivity contribution < 1.29 is 4.79 Å². The van der Waals surface area contributed by atoms with Gasteiger partial charge >= 0.3 is 0 Å². The molecule has 4 nitrogen and oxygen atoms in total. The molecule has 0 bridgehead atoms. The highest BCUT2D eigenvalue weighted by Crippen LogP contribution is 2.07. The number of nitrogens with zero attached hydrogens (tertiary/aromatic N) is 1. The van der Waals surface area contributed by atoms with Crippen molar-refractivity contribution in [3.63, 3.8) is 0 Å². The SMILES string of the molecule is O=C(NCc1cccs1)c1cn[nH]c1. The Labute approximate surface area is 85.0 Å². The number of hydrogen-bond donors (Lipinski definition) is 2. The predicted molar refractivity (Wildman–Crippen MR) is 54.1 cm³/mol. The Morgan fingerprint density at radius 3 is 3.21 bits per heavy atom. The highest BCUT2D eigenvalue weighted by atomic mass is 32.1. The Kier molecular flexibility index (Phi) is 2.60. The van der Waals surface area contributed by atoms with E-state index in [-0.39, 0.29) is 5.91 Å². The summed E-state index contributed by atoms with van der Waals surface area (Å²) < 4.78 is 0. The minimum absolute atomic E-state index is 0.104. The maximum Gasteiger partial charge on any atom is 0.254 e. The van der Waals surface area contributed by atoms with E-state index in [0.717, 1.165) is 4.88 Å². The van der Waals surface area contributed by atoms with Gasteiger partial charge in [-0.3, -0.25) is 9.89 Å². The second-order valence-corrected chi connectivity index (χ2v) is 3.78. The van der Waals surface area contributed by atoms with Gasteiger partial charge < -0.3 is 5.32 Å². The van der Waals surface area contributed by atoms with E-state index >= 15 is 0 Å². The minimum atomic E-state index is -0.104. The lowest BCUT2D eigenvalue weighted by molar-refractivity contribution is 0.0951. The normalized spacial score (nSPS) is 10.0. The summed E-state index contributed by atoms with van der Waals surface area (Å²) in [5.74, 6) is -0.104. The zero-order valence-corrected chi connectivity index (χ0v) is 8.17. The van der Waals surface area contributed by atoms with Crippen LogP contribution in [0.5, 0.6) is 0 Å². The van der Waals surface area contributed by atoms with E-state index in [0.29, 0.717) is 12.1 Å². The topological polar surface area (TPSA) is 57.8 Å². The van der Waals surface area contributed by atoms with Crippen molar-refractivity contribution in [1.82, 2.24) is 15.5 Å². The van der Waals surface area contributed by atoms with Crippen molar-refractivity contribution in [3.05, 3.63) is 40.3 Å². The van der Waals surface area contributed by atoms with Crippen LogP contribution in [0.2, 0.25) is 0 Å². The molecule has 1 amide bonds. The van der Waals surface area contributed by atoms with Crippen molar-refractivity contribution in [2.75, 3.05) is 0 Å². The average Bonchev–Trinajstić information content (AvgIpc) is 2.87. The molecule has 0 saturated heterocycles. The molecule has 72 valence electrons. The van der Waals surface area contributed by atoms with Crippen LogP contribution in [0.4, 0.5) is 0 Å². The van der Waals surface area contributed by atoms with Gasteiger partial charge in [-0.1, -0.05) is 6.07 Å². The van der Waals surface area contributed by atoms with Gasteiger partial charge in [0.1, 0.15) is 0 Å². The van der Waals surface area contributed by atoms with Gasteiger partial charge in [0, 0.05) is 11.1 Å². The van der Waals surface area contributed by atoms with Gasteiger partial charge in [0.25, 0.3) is 5.91 Å². The standard InChI is InChI=1S/C9H9N3OS/c13-9(7-4-11-12-5-7)10-6-8-2-1-3-14-8/h1-5H,6H2,(H,10,13)(H,11,12). The summed E-state index contributed by atoms with van der Waals surface area (Å²) in [6, 6.07) is 3.95. The largest absolute Gasteiger partial charge is 0.347 e. The first-order valence-corrected chi connectivity index (χ1v) is 5.03. The number of H-pyrrole nitrogens is 1. The second-order valence-electron chi connectivity index (χ2n) is 2.75. The first-order chi connectivity index (χ1) is 6.86. The van der Waals surface area contributed by atoms with Crippen LogP contribution in [0.25, 0.3) is 0 Å². The molecule has 2 N–H and O–H groups in total. The lowest BCUT2D eigenvalue weighted by atomic mass is 10.3. The van der Waals surface area contributed by atoms with Crippen LogP contribution in [-0.4, -0.2) is 16.1 Å². The molecule has 0 unspecified atom stereocenters. The molecule has 0 atom stereocenters. The Morgan fingerprint density at radius 2 is 2.57 bits per heavy atom. The van der Waals surface area contributed by atoms with E-state index in [1.165, 1.54) is 6.20 Å². The number of hydrogen-bond acceptors (Lipinski definition) is 3. The highest BCUT2D eigenvalue weighted by molar-refractivity contribution is 7.09. The lowest BCUT2D eigenvalue weighted by Gasteiger charge is -1.99. The molecule has 0 radical (unpaired) electrons. The molecule has 0 aliphatic carbocycles. The molecule has 14 heavy (non-hydrogen) atoms. The quantitative estimate of drug-likeness (QED) is 0.799. The van der Waals surface area contributed by atoms with E-state index in [1.54, 1.807) is 17.5 Å². The summed E-state index contributed by atoms with van der Waals surface area (Å²) in [6.45, 7) is 0.571. The Bertz CT molecular complexity index is 394. The van der Waals surface area contributed by atoms with Crippen LogP contribution >= 0.6 is 11.3 Å². The summed E-state index contributed by atoms with van der Waals surface area (Å²) >= 11 is 1.62. The molecular formula is C9H9N3OS. The first-order valence-electron chi connectivity index (χ1n) is 4.15. The molecule has 0 fully saturated rings. The Balaban J connectivity index is 1.90. The van der Waals surface area contributed by atoms with E-state index in [9.17, 15) is 4.79 Å². The van der Waals surface area contributed by atoms with Gasteiger partial charge in [0.05, 0.1) is 18.3 Å². The maximum atomic E-state index is 11.4. The van der Waals surface area contributed by atoms with E-state index in [1.807, 2.05) is 17.5 Å². The number of carbonyl (C=O) groups is 1. The van der Waals surface area contributed by atoms with Crippen LogP contribution in [0.3, 0.4) is 0 Å². The molecule has 2 aromatic rings. The fraction of sp³-hybridized carbons (Fsp3) is 0.111. The number of nitrogens with one attached hydrogen (secondary N) is 2. The lowest BCUT2D eigenvalue weighted by Crippen LogP contribution is -2.21. The molecule has 0 spiro atoms. The van der Waals surface area contributed by atoms with Gasteiger partial charge in [-0.25, -0.2) is 0 Å². The number of carbonyl (C=O) groups excluding carboxylic acids is 1. The number of rotatable bonds is 3. The first kappa shape index (κ1) is 8.96. The number of thiophene rings is 1. The Morgan fingerprint density at radius 1 is 1.64 bits per heavy atom. The molecule has 0 aliphatic heterocycles. The number of aromatic nitrogens is 2. The minimum Gasteiger partial charge on any atom is -0.347 e. The average molecular weight is 207 g/mol. The summed E-state index contributed by atoms with van der Waals surface area (Å²) in [5, 5.41) is 11.1. The molecule has 2 aromatic heterocycles. The smallest absolute Gasteiger partial charge is 0.254 e. The van der Waals surface area contributed by atoms with E-state index in [2.05, 4.69) is 15.5 Å². The molecule has 5 heteroatoms. The summed E-state index contributed by atoms with van der Waals surface area (Å²) in [6.07, 6.45) is 3.08. The number of amides is 1. The summed E-state index contributed by atoms with van der Waals surface area (Å²) in [7, 11) is 0. The fourth-order valence-corrected chi connectivity index (χ4v) is 1.70. The monoisotopic (exact) mass is 207 g/mol. The highest BCUT2D eigenvalue weighted by Gasteiger charge is 2.05. The zero-order valence-electron chi connectivity index (χ0n) is 7.36. The van der Waals surface area contributed by atoms with Gasteiger partial charge in [-0.2, -0.15) is 5.10 Å². The third-order valence-electron chi connectivity index (χ3n) is 1.76. The third kappa shape index (κ3) is 2.00. The van der Waals surface area contributed by atoms with Crippen molar-refractivity contribution in [3.8, 4) is 0 Å².